The Kier molecular flexibility index (Phi) is 3.37. The third-order valence-electron chi connectivity index (χ3n) is 3.71. The Hall–Kier alpha value is -1.63. The average Bonchev–Trinajstić information content (AvgIpc) is 2.93. The minimum Gasteiger partial charge on any atom is -0.353 e. The monoisotopic (exact) mass is 293 g/mol. The van der Waals surface area contributed by atoms with Gasteiger partial charge in [-0.05, 0) is 19.8 Å². The van der Waals surface area contributed by atoms with Gasteiger partial charge in [-0.3, -0.25) is 4.79 Å². The fourth-order valence-electron chi connectivity index (χ4n) is 2.71. The number of anilines is 1. The molecule has 1 saturated heterocycles. The van der Waals surface area contributed by atoms with Crippen LogP contribution >= 0.6 is 11.3 Å². The van der Waals surface area contributed by atoms with Crippen molar-refractivity contribution in [2.24, 2.45) is 7.05 Å². The number of aryl methyl sites for hydroxylation is 2. The van der Waals surface area contributed by atoms with E-state index in [9.17, 15) is 4.79 Å². The number of rotatable bonds is 2. The van der Waals surface area contributed by atoms with Crippen LogP contribution in [0.4, 0.5) is 5.13 Å². The van der Waals surface area contributed by atoms with Crippen LogP contribution in [0.15, 0.2) is 0 Å². The zero-order valence-electron chi connectivity index (χ0n) is 12.0. The highest BCUT2D eigenvalue weighted by atomic mass is 32.1. The lowest BCUT2D eigenvalue weighted by Gasteiger charge is -2.31. The predicted molar refractivity (Wildman–Crippen MR) is 80.2 cm³/mol. The number of hydrogen-bond donors (Lipinski definition) is 1. The molecule has 0 unspecified atom stereocenters. The maximum Gasteiger partial charge on any atom is 0.217 e. The molecule has 0 radical (unpaired) electrons. The lowest BCUT2D eigenvalue weighted by atomic mass is 10.1. The molecular formula is C13H19N5OS. The highest BCUT2D eigenvalue weighted by Gasteiger charge is 2.23. The number of carbonyl (C=O) groups is 1. The van der Waals surface area contributed by atoms with Crippen molar-refractivity contribution in [1.29, 1.82) is 0 Å². The third kappa shape index (κ3) is 2.37. The number of piperidine rings is 1. The number of amides is 1. The molecule has 1 amide bonds. The van der Waals surface area contributed by atoms with Gasteiger partial charge in [-0.25, -0.2) is 9.67 Å². The van der Waals surface area contributed by atoms with Crippen molar-refractivity contribution >= 4 is 32.7 Å². The van der Waals surface area contributed by atoms with Crippen LogP contribution in [0, 0.1) is 6.92 Å². The van der Waals surface area contributed by atoms with E-state index in [4.69, 9.17) is 4.98 Å². The highest BCUT2D eigenvalue weighted by Crippen LogP contribution is 2.32. The van der Waals surface area contributed by atoms with Crippen LogP contribution in [-0.2, 0) is 11.8 Å². The van der Waals surface area contributed by atoms with Crippen molar-refractivity contribution < 1.29 is 4.79 Å². The van der Waals surface area contributed by atoms with Gasteiger partial charge in [0.1, 0.15) is 0 Å². The van der Waals surface area contributed by atoms with Gasteiger partial charge in [0.05, 0.1) is 10.4 Å². The molecule has 0 bridgehead atoms. The Morgan fingerprint density at radius 2 is 2.10 bits per heavy atom. The Labute approximate surface area is 121 Å². The largest absolute Gasteiger partial charge is 0.353 e. The minimum absolute atomic E-state index is 0.0603. The van der Waals surface area contributed by atoms with Gasteiger partial charge >= 0.3 is 0 Å². The van der Waals surface area contributed by atoms with Crippen molar-refractivity contribution in [1.82, 2.24) is 20.1 Å². The van der Waals surface area contributed by atoms with Crippen LogP contribution in [0.1, 0.15) is 25.5 Å². The summed E-state index contributed by atoms with van der Waals surface area (Å²) >= 11 is 1.71. The molecule has 0 aromatic carbocycles. The zero-order chi connectivity index (χ0) is 14.3. The van der Waals surface area contributed by atoms with Crippen LogP contribution in [0.2, 0.25) is 0 Å². The first kappa shape index (κ1) is 13.4. The summed E-state index contributed by atoms with van der Waals surface area (Å²) in [7, 11) is 1.93. The molecule has 3 rings (SSSR count). The fourth-order valence-corrected chi connectivity index (χ4v) is 3.80. The molecule has 0 saturated carbocycles. The molecule has 0 spiro atoms. The first-order chi connectivity index (χ1) is 9.54. The molecule has 7 heteroatoms. The van der Waals surface area contributed by atoms with Gasteiger partial charge in [0, 0.05) is 33.1 Å². The highest BCUT2D eigenvalue weighted by molar-refractivity contribution is 7.22. The van der Waals surface area contributed by atoms with E-state index in [0.717, 1.165) is 42.4 Å². The van der Waals surface area contributed by atoms with E-state index < -0.39 is 0 Å². The normalized spacial score (nSPS) is 16.9. The van der Waals surface area contributed by atoms with E-state index in [-0.39, 0.29) is 5.91 Å². The molecule has 1 aliphatic rings. The van der Waals surface area contributed by atoms with Gasteiger partial charge in [0.15, 0.2) is 10.8 Å². The molecule has 2 aromatic rings. The Morgan fingerprint density at radius 1 is 1.40 bits per heavy atom. The standard InChI is InChI=1S/C13H19N5OS/c1-8-11-12(17(3)16-8)15-13(20-11)18-6-4-10(5-7-18)14-9(2)19/h10H,4-7H2,1-3H3,(H,14,19). The third-order valence-corrected chi connectivity index (χ3v) is 4.92. The maximum absolute atomic E-state index is 11.1. The van der Waals surface area contributed by atoms with E-state index in [1.54, 1.807) is 18.3 Å². The Balaban J connectivity index is 1.73. The average molecular weight is 293 g/mol. The maximum atomic E-state index is 11.1. The van der Waals surface area contributed by atoms with E-state index >= 15 is 0 Å². The van der Waals surface area contributed by atoms with E-state index in [0.29, 0.717) is 6.04 Å². The van der Waals surface area contributed by atoms with Crippen molar-refractivity contribution in [2.45, 2.75) is 32.7 Å². The van der Waals surface area contributed by atoms with Gasteiger partial charge in [-0.15, -0.1) is 0 Å². The molecule has 0 atom stereocenters. The summed E-state index contributed by atoms with van der Waals surface area (Å²) in [5.74, 6) is 0.0603. The SMILES string of the molecule is CC(=O)NC1CCN(c2nc3c(s2)c(C)nn3C)CC1. The molecule has 20 heavy (non-hydrogen) atoms. The summed E-state index contributed by atoms with van der Waals surface area (Å²) < 4.78 is 3.01. The van der Waals surface area contributed by atoms with Crippen LogP contribution in [0.25, 0.3) is 10.3 Å². The van der Waals surface area contributed by atoms with Crippen molar-refractivity contribution in [2.75, 3.05) is 18.0 Å². The van der Waals surface area contributed by atoms with Crippen LogP contribution in [0.5, 0.6) is 0 Å². The van der Waals surface area contributed by atoms with E-state index in [1.165, 1.54) is 4.70 Å². The van der Waals surface area contributed by atoms with E-state index in [2.05, 4.69) is 15.3 Å². The van der Waals surface area contributed by atoms with Gasteiger partial charge in [0.25, 0.3) is 0 Å². The first-order valence-corrected chi connectivity index (χ1v) is 7.68. The van der Waals surface area contributed by atoms with Crippen molar-refractivity contribution in [3.8, 4) is 0 Å². The number of thiazole rings is 1. The summed E-state index contributed by atoms with van der Waals surface area (Å²) in [6.07, 6.45) is 1.96. The fraction of sp³-hybridized carbons (Fsp3) is 0.615. The second kappa shape index (κ2) is 5.05. The smallest absolute Gasteiger partial charge is 0.217 e. The summed E-state index contributed by atoms with van der Waals surface area (Å²) in [5, 5.41) is 8.44. The lowest BCUT2D eigenvalue weighted by Crippen LogP contribution is -2.44. The van der Waals surface area contributed by atoms with Gasteiger partial charge in [-0.1, -0.05) is 11.3 Å². The summed E-state index contributed by atoms with van der Waals surface area (Å²) in [6, 6.07) is 0.307. The number of nitrogens with zero attached hydrogens (tertiary/aromatic N) is 4. The first-order valence-electron chi connectivity index (χ1n) is 6.87. The van der Waals surface area contributed by atoms with Crippen LogP contribution in [-0.4, -0.2) is 39.8 Å². The number of carbonyl (C=O) groups excluding carboxylic acids is 1. The molecule has 0 aliphatic carbocycles. The zero-order valence-corrected chi connectivity index (χ0v) is 12.8. The topological polar surface area (TPSA) is 63.1 Å². The van der Waals surface area contributed by atoms with Crippen molar-refractivity contribution in [3.63, 3.8) is 0 Å². The second-order valence-electron chi connectivity index (χ2n) is 5.32. The quantitative estimate of drug-likeness (QED) is 0.910. The predicted octanol–water partition coefficient (Wildman–Crippen LogP) is 1.44. The number of hydrogen-bond acceptors (Lipinski definition) is 5. The molecular weight excluding hydrogens is 274 g/mol. The lowest BCUT2D eigenvalue weighted by molar-refractivity contribution is -0.119. The Bertz CT molecular complexity index is 604. The summed E-state index contributed by atoms with van der Waals surface area (Å²) in [5.41, 5.74) is 2.01. The van der Waals surface area contributed by atoms with Gasteiger partial charge in [0.2, 0.25) is 5.91 Å². The molecule has 108 valence electrons. The summed E-state index contributed by atoms with van der Waals surface area (Å²) in [6.45, 7) is 5.48. The number of nitrogens with one attached hydrogen (secondary N) is 1. The minimum atomic E-state index is 0.0603. The molecule has 6 nitrogen and oxygen atoms in total. The molecule has 3 heterocycles. The van der Waals surface area contributed by atoms with Crippen LogP contribution < -0.4 is 10.2 Å². The van der Waals surface area contributed by atoms with E-state index in [1.807, 2.05) is 18.7 Å². The van der Waals surface area contributed by atoms with Gasteiger partial charge < -0.3 is 10.2 Å². The van der Waals surface area contributed by atoms with Crippen molar-refractivity contribution in [3.05, 3.63) is 5.69 Å². The van der Waals surface area contributed by atoms with Gasteiger partial charge in [-0.2, -0.15) is 5.10 Å². The second-order valence-corrected chi connectivity index (χ2v) is 6.30. The van der Waals surface area contributed by atoms with Crippen LogP contribution in [0.3, 0.4) is 0 Å². The number of aromatic nitrogens is 3. The Morgan fingerprint density at radius 3 is 2.70 bits per heavy atom. The molecule has 2 aromatic heterocycles. The number of fused-ring (bicyclic) bond motifs is 1. The summed E-state index contributed by atoms with van der Waals surface area (Å²) in [4.78, 5) is 18.1. The molecule has 1 aliphatic heterocycles. The molecule has 1 N–H and O–H groups in total. The molecule has 1 fully saturated rings.